The Bertz CT molecular complexity index is 538. The summed E-state index contributed by atoms with van der Waals surface area (Å²) in [5.74, 6) is 0.0326. The number of ether oxygens (including phenoxy) is 3. The summed E-state index contributed by atoms with van der Waals surface area (Å²) < 4.78 is 17.3. The topological polar surface area (TPSA) is 63.6 Å². The number of rotatable bonds is 6. The molecule has 0 atom stereocenters. The Kier molecular flexibility index (Phi) is 3.87. The zero-order chi connectivity index (χ0) is 14.9. The summed E-state index contributed by atoms with van der Waals surface area (Å²) in [5, 5.41) is 11.0. The van der Waals surface area contributed by atoms with E-state index in [-0.39, 0.29) is 6.29 Å². The van der Waals surface area contributed by atoms with Gasteiger partial charge >= 0.3 is 0 Å². The highest BCUT2D eigenvalue weighted by molar-refractivity contribution is 6.02. The number of fused-ring (bicyclic) bond motifs is 2. The Morgan fingerprint density at radius 1 is 1.29 bits per heavy atom. The third kappa shape index (κ3) is 2.51. The lowest BCUT2D eigenvalue weighted by Crippen LogP contribution is -2.57. The van der Waals surface area contributed by atoms with Crippen LogP contribution in [0.3, 0.4) is 0 Å². The minimum Gasteiger partial charge on any atom is -0.493 e. The smallest absolute Gasteiger partial charge is 0.287 e. The summed E-state index contributed by atoms with van der Waals surface area (Å²) in [6.07, 6.45) is 4.39. The molecule has 0 bridgehead atoms. The molecule has 0 amide bonds. The lowest BCUT2D eigenvalue weighted by molar-refractivity contribution is -0.461. The lowest BCUT2D eigenvalue weighted by atomic mass is 10.1. The molecule has 2 N–H and O–H groups in total. The van der Waals surface area contributed by atoms with Gasteiger partial charge in [-0.2, -0.15) is 0 Å². The number of amidine groups is 1. The molecule has 5 heteroatoms. The van der Waals surface area contributed by atoms with Crippen LogP contribution in [0.5, 0.6) is 5.75 Å². The molecule has 1 fully saturated rings. The van der Waals surface area contributed by atoms with Gasteiger partial charge in [0.2, 0.25) is 0 Å². The van der Waals surface area contributed by atoms with Crippen LogP contribution >= 0.6 is 0 Å². The molecular weight excluding hydrogens is 268 g/mol. The average molecular weight is 290 g/mol. The van der Waals surface area contributed by atoms with E-state index in [9.17, 15) is 0 Å². The van der Waals surface area contributed by atoms with Gasteiger partial charge < -0.3 is 10.1 Å². The molecule has 1 saturated heterocycles. The fourth-order valence-electron chi connectivity index (χ4n) is 2.86. The van der Waals surface area contributed by atoms with Gasteiger partial charge in [0.1, 0.15) is 11.6 Å². The van der Waals surface area contributed by atoms with E-state index >= 15 is 0 Å². The fourth-order valence-corrected chi connectivity index (χ4v) is 2.86. The Morgan fingerprint density at radius 2 is 2.10 bits per heavy atom. The van der Waals surface area contributed by atoms with E-state index in [1.54, 1.807) is 0 Å². The Balaban J connectivity index is 1.75. The van der Waals surface area contributed by atoms with Crippen molar-refractivity contribution in [2.45, 2.75) is 51.7 Å². The molecule has 0 saturated carbocycles. The van der Waals surface area contributed by atoms with Crippen LogP contribution in [0, 0.1) is 5.41 Å². The van der Waals surface area contributed by atoms with Crippen LogP contribution in [0.25, 0.3) is 0 Å². The molecule has 3 rings (SSSR count). The highest BCUT2D eigenvalue weighted by Crippen LogP contribution is 2.46. The van der Waals surface area contributed by atoms with Crippen molar-refractivity contribution >= 4 is 5.84 Å². The first-order valence-electron chi connectivity index (χ1n) is 7.65. The number of unbranched alkanes of at least 4 members (excludes halogenated alkanes) is 3. The van der Waals surface area contributed by atoms with Crippen molar-refractivity contribution in [2.75, 3.05) is 6.61 Å². The van der Waals surface area contributed by atoms with Crippen LogP contribution < -0.4 is 10.1 Å². The van der Waals surface area contributed by atoms with E-state index in [2.05, 4.69) is 12.2 Å². The summed E-state index contributed by atoms with van der Waals surface area (Å²) in [7, 11) is 0. The van der Waals surface area contributed by atoms with Crippen molar-refractivity contribution in [2.24, 2.45) is 0 Å². The zero-order valence-electron chi connectivity index (χ0n) is 12.6. The van der Waals surface area contributed by atoms with Crippen LogP contribution in [0.15, 0.2) is 18.2 Å². The van der Waals surface area contributed by atoms with E-state index < -0.39 is 5.91 Å². The number of hydrogen-bond donors (Lipinski definition) is 2. The maximum absolute atomic E-state index is 8.03. The highest BCUT2D eigenvalue weighted by atomic mass is 16.9. The van der Waals surface area contributed by atoms with Gasteiger partial charge in [-0.3, -0.25) is 14.9 Å². The second kappa shape index (κ2) is 5.66. The monoisotopic (exact) mass is 290 g/mol. The summed E-state index contributed by atoms with van der Waals surface area (Å²) in [4.78, 5) is 0. The van der Waals surface area contributed by atoms with Crippen LogP contribution in [0.2, 0.25) is 0 Å². The number of hydrogen-bond acceptors (Lipinski definition) is 4. The predicted octanol–water partition coefficient (Wildman–Crippen LogP) is 3.08. The van der Waals surface area contributed by atoms with Gasteiger partial charge in [0.05, 0.1) is 12.2 Å². The number of nitrogens with one attached hydrogen (secondary N) is 2. The molecule has 2 heterocycles. The van der Waals surface area contributed by atoms with Crippen molar-refractivity contribution < 1.29 is 14.2 Å². The van der Waals surface area contributed by atoms with E-state index in [1.807, 2.05) is 25.1 Å². The Hall–Kier alpha value is -1.59. The predicted molar refractivity (Wildman–Crippen MR) is 79.4 cm³/mol. The zero-order valence-corrected chi connectivity index (χ0v) is 12.6. The second-order valence-corrected chi connectivity index (χ2v) is 5.51. The molecule has 2 aliphatic rings. The van der Waals surface area contributed by atoms with Crippen LogP contribution in [-0.4, -0.2) is 18.7 Å². The van der Waals surface area contributed by atoms with Crippen molar-refractivity contribution in [3.63, 3.8) is 0 Å². The van der Waals surface area contributed by atoms with E-state index in [4.69, 9.17) is 19.6 Å². The molecule has 2 aliphatic heterocycles. The van der Waals surface area contributed by atoms with Gasteiger partial charge in [0.15, 0.2) is 6.29 Å². The Morgan fingerprint density at radius 3 is 2.81 bits per heavy atom. The second-order valence-electron chi connectivity index (χ2n) is 5.51. The Labute approximate surface area is 125 Å². The first-order chi connectivity index (χ1) is 10.2. The van der Waals surface area contributed by atoms with Crippen molar-refractivity contribution in [3.8, 4) is 5.75 Å². The van der Waals surface area contributed by atoms with Gasteiger partial charge in [-0.1, -0.05) is 38.3 Å². The van der Waals surface area contributed by atoms with E-state index in [0.29, 0.717) is 12.4 Å². The van der Waals surface area contributed by atoms with Crippen molar-refractivity contribution in [3.05, 3.63) is 29.3 Å². The summed E-state index contributed by atoms with van der Waals surface area (Å²) in [6.45, 7) is 4.70. The fraction of sp³-hybridized carbons (Fsp3) is 0.562. The summed E-state index contributed by atoms with van der Waals surface area (Å²) in [6, 6.07) is 5.70. The van der Waals surface area contributed by atoms with Crippen LogP contribution in [0.4, 0.5) is 0 Å². The first kappa shape index (κ1) is 14.4. The normalized spacial score (nSPS) is 26.4. The molecule has 114 valence electrons. The van der Waals surface area contributed by atoms with Gasteiger partial charge in [0.25, 0.3) is 5.91 Å². The molecule has 0 aromatic heterocycles. The minimum absolute atomic E-state index is 0.270. The van der Waals surface area contributed by atoms with E-state index in [0.717, 1.165) is 23.3 Å². The average Bonchev–Trinajstić information content (AvgIpc) is 2.73. The molecule has 1 aromatic rings. The molecule has 0 radical (unpaired) electrons. The number of benzene rings is 1. The maximum atomic E-state index is 8.03. The van der Waals surface area contributed by atoms with E-state index in [1.165, 1.54) is 19.3 Å². The lowest BCUT2D eigenvalue weighted by Gasteiger charge is -2.43. The minimum atomic E-state index is -1.02. The third-order valence-electron chi connectivity index (χ3n) is 3.83. The molecule has 21 heavy (non-hydrogen) atoms. The van der Waals surface area contributed by atoms with Crippen molar-refractivity contribution in [1.29, 1.82) is 5.41 Å². The largest absolute Gasteiger partial charge is 0.493 e. The summed E-state index contributed by atoms with van der Waals surface area (Å²) >= 11 is 0. The maximum Gasteiger partial charge on any atom is 0.287 e. The van der Waals surface area contributed by atoms with Crippen LogP contribution in [-0.2, 0) is 15.4 Å². The summed E-state index contributed by atoms with van der Waals surface area (Å²) in [5.41, 5.74) is 1.58. The molecule has 5 nitrogen and oxygen atoms in total. The quantitative estimate of drug-likeness (QED) is 0.790. The standard InChI is InChI=1S/C16H22N2O3/c1-3-4-5-6-10-19-13-9-7-8-12-14(13)16(18-15(12)17)20-11(2)21-16/h7-9,11H,3-6,10H2,1-2H3,(H2,17,18). The first-order valence-corrected chi connectivity index (χ1v) is 7.65. The van der Waals surface area contributed by atoms with Crippen LogP contribution in [0.1, 0.15) is 50.7 Å². The molecule has 0 unspecified atom stereocenters. The SMILES string of the molecule is CCCCCCOc1cccc2c1C1(NC2=N)OC(C)O1. The highest BCUT2D eigenvalue weighted by Gasteiger charge is 2.55. The van der Waals surface area contributed by atoms with Gasteiger partial charge in [-0.15, -0.1) is 0 Å². The molecule has 1 aromatic carbocycles. The molecular formula is C16H22N2O3. The molecule has 1 spiro atoms. The third-order valence-corrected chi connectivity index (χ3v) is 3.83. The van der Waals surface area contributed by atoms with Gasteiger partial charge in [-0.05, 0) is 19.4 Å². The van der Waals surface area contributed by atoms with Gasteiger partial charge in [0, 0.05) is 5.56 Å². The van der Waals surface area contributed by atoms with Crippen molar-refractivity contribution in [1.82, 2.24) is 5.32 Å². The molecule has 0 aliphatic carbocycles. The van der Waals surface area contributed by atoms with Gasteiger partial charge in [-0.25, -0.2) is 0 Å².